The number of nitrogens with zero attached hydrogens (tertiary/aromatic N) is 3. The van der Waals surface area contributed by atoms with Crippen molar-refractivity contribution in [2.45, 2.75) is 31.2 Å². The van der Waals surface area contributed by atoms with Crippen LogP contribution in [-0.2, 0) is 11.8 Å². The van der Waals surface area contributed by atoms with E-state index in [4.69, 9.17) is 0 Å². The Hall–Kier alpha value is -2.14. The minimum absolute atomic E-state index is 0.110. The molecule has 0 spiro atoms. The highest BCUT2D eigenvalue weighted by Crippen LogP contribution is 2.47. The van der Waals surface area contributed by atoms with Crippen LogP contribution in [0.15, 0.2) is 42.7 Å². The number of hydrogen-bond donors (Lipinski definition) is 1. The number of rotatable bonds is 6. The van der Waals surface area contributed by atoms with E-state index in [2.05, 4.69) is 39.6 Å². The van der Waals surface area contributed by atoms with Crippen LogP contribution in [0, 0.1) is 5.92 Å². The summed E-state index contributed by atoms with van der Waals surface area (Å²) in [6.07, 6.45) is 7.35. The van der Waals surface area contributed by atoms with Gasteiger partial charge in [-0.15, -0.1) is 0 Å². The largest absolute Gasteiger partial charge is 0.354 e. The topological polar surface area (TPSA) is 50.2 Å². The molecule has 0 unspecified atom stereocenters. The number of hydrogen-bond acceptors (Lipinski definition) is 3. The summed E-state index contributed by atoms with van der Waals surface area (Å²) in [4.78, 5) is 15.1. The van der Waals surface area contributed by atoms with Crippen LogP contribution in [0.5, 0.6) is 0 Å². The average Bonchev–Trinajstić information content (AvgIpc) is 3.02. The predicted molar refractivity (Wildman–Crippen MR) is 97.1 cm³/mol. The maximum atomic E-state index is 12.6. The van der Waals surface area contributed by atoms with Crippen molar-refractivity contribution in [3.8, 4) is 0 Å². The number of aromatic nitrogens is 2. The number of benzene rings is 1. The van der Waals surface area contributed by atoms with Crippen molar-refractivity contribution in [3.63, 3.8) is 0 Å². The summed E-state index contributed by atoms with van der Waals surface area (Å²) in [5.41, 5.74) is 2.48. The number of amides is 1. The zero-order valence-corrected chi connectivity index (χ0v) is 14.8. The molecule has 1 saturated carbocycles. The molecular weight excluding hydrogens is 312 g/mol. The summed E-state index contributed by atoms with van der Waals surface area (Å²) < 4.78 is 1.81. The lowest BCUT2D eigenvalue weighted by Crippen LogP contribution is -2.37. The Labute approximate surface area is 149 Å². The van der Waals surface area contributed by atoms with E-state index >= 15 is 0 Å². The molecule has 1 saturated heterocycles. The van der Waals surface area contributed by atoms with E-state index in [1.54, 1.807) is 4.68 Å². The second-order valence-corrected chi connectivity index (χ2v) is 7.31. The number of carbonyl (C=O) groups excluding carboxylic acids is 1. The maximum Gasteiger partial charge on any atom is 0.223 e. The van der Waals surface area contributed by atoms with Gasteiger partial charge in [0.15, 0.2) is 0 Å². The van der Waals surface area contributed by atoms with Crippen molar-refractivity contribution < 1.29 is 4.79 Å². The van der Waals surface area contributed by atoms with Crippen LogP contribution in [0.2, 0.25) is 0 Å². The quantitative estimate of drug-likeness (QED) is 0.880. The maximum absolute atomic E-state index is 12.6. The van der Waals surface area contributed by atoms with Gasteiger partial charge in [0, 0.05) is 25.7 Å². The van der Waals surface area contributed by atoms with Crippen LogP contribution >= 0.6 is 0 Å². The molecule has 1 aromatic carbocycles. The van der Waals surface area contributed by atoms with Gasteiger partial charge in [0.2, 0.25) is 5.91 Å². The van der Waals surface area contributed by atoms with Gasteiger partial charge in [-0.1, -0.05) is 30.3 Å². The van der Waals surface area contributed by atoms with Crippen molar-refractivity contribution in [3.05, 3.63) is 53.9 Å². The van der Waals surface area contributed by atoms with Crippen LogP contribution < -0.4 is 5.32 Å². The van der Waals surface area contributed by atoms with Gasteiger partial charge in [0.1, 0.15) is 0 Å². The molecule has 1 aliphatic heterocycles. The summed E-state index contributed by atoms with van der Waals surface area (Å²) in [5.74, 6) is 0.642. The van der Waals surface area contributed by atoms with E-state index in [-0.39, 0.29) is 17.9 Å². The normalized spacial score (nSPS) is 24.2. The lowest BCUT2D eigenvalue weighted by Gasteiger charge is -2.28. The molecule has 2 heterocycles. The molecule has 1 aliphatic carbocycles. The van der Waals surface area contributed by atoms with Gasteiger partial charge in [-0.05, 0) is 49.4 Å². The van der Waals surface area contributed by atoms with Gasteiger partial charge >= 0.3 is 0 Å². The molecule has 5 heteroatoms. The lowest BCUT2D eigenvalue weighted by molar-refractivity contribution is -0.122. The fourth-order valence-electron chi connectivity index (χ4n) is 4.00. The highest BCUT2D eigenvalue weighted by Gasteiger charge is 2.44. The van der Waals surface area contributed by atoms with Crippen molar-refractivity contribution in [1.82, 2.24) is 20.0 Å². The van der Waals surface area contributed by atoms with Crippen molar-refractivity contribution in [2.75, 3.05) is 19.6 Å². The van der Waals surface area contributed by atoms with Gasteiger partial charge < -0.3 is 5.32 Å². The monoisotopic (exact) mass is 338 g/mol. The Balaban J connectivity index is 1.37. The van der Waals surface area contributed by atoms with Crippen LogP contribution in [0.3, 0.4) is 0 Å². The molecule has 1 amide bonds. The zero-order chi connectivity index (χ0) is 17.2. The Morgan fingerprint density at radius 3 is 2.72 bits per heavy atom. The van der Waals surface area contributed by atoms with Crippen molar-refractivity contribution in [2.24, 2.45) is 13.0 Å². The fraction of sp³-hybridized carbons (Fsp3) is 0.500. The molecule has 2 aromatic rings. The van der Waals surface area contributed by atoms with Crippen LogP contribution in [0.25, 0.3) is 0 Å². The summed E-state index contributed by atoms with van der Waals surface area (Å²) >= 11 is 0. The van der Waals surface area contributed by atoms with Crippen molar-refractivity contribution >= 4 is 5.91 Å². The highest BCUT2D eigenvalue weighted by molar-refractivity contribution is 5.82. The molecule has 25 heavy (non-hydrogen) atoms. The first-order valence-electron chi connectivity index (χ1n) is 9.27. The Bertz CT molecular complexity index is 720. The average molecular weight is 338 g/mol. The molecular formula is C20H26N4O. The smallest absolute Gasteiger partial charge is 0.223 e. The Morgan fingerprint density at radius 1 is 1.28 bits per heavy atom. The third-order valence-electron chi connectivity index (χ3n) is 5.52. The Kier molecular flexibility index (Phi) is 4.57. The van der Waals surface area contributed by atoms with E-state index < -0.39 is 0 Å². The van der Waals surface area contributed by atoms with Gasteiger partial charge in [0.25, 0.3) is 0 Å². The molecule has 2 fully saturated rings. The third-order valence-corrected chi connectivity index (χ3v) is 5.52. The second-order valence-electron chi connectivity index (χ2n) is 7.31. The van der Waals surface area contributed by atoms with Gasteiger partial charge in [-0.2, -0.15) is 5.10 Å². The fourth-order valence-corrected chi connectivity index (χ4v) is 4.00. The van der Waals surface area contributed by atoms with E-state index in [0.29, 0.717) is 12.5 Å². The zero-order valence-electron chi connectivity index (χ0n) is 14.8. The summed E-state index contributed by atoms with van der Waals surface area (Å²) in [7, 11) is 1.92. The Morgan fingerprint density at radius 2 is 2.04 bits per heavy atom. The highest BCUT2D eigenvalue weighted by atomic mass is 16.2. The molecule has 3 atom stereocenters. The molecule has 132 valence electrons. The standard InChI is InChI=1S/C20H26N4O/c1-23-14-16(12-22-23)17-11-18(17)20(25)21-13-19(24-9-5-6-10-24)15-7-3-2-4-8-15/h2-4,7-8,12,14,17-19H,5-6,9-11,13H2,1H3,(H,21,25)/t17-,18+,19-/m0/s1. The predicted octanol–water partition coefficient (Wildman–Crippen LogP) is 2.48. The first-order chi connectivity index (χ1) is 12.2. The van der Waals surface area contributed by atoms with Crippen LogP contribution in [0.1, 0.15) is 42.3 Å². The number of carbonyl (C=O) groups is 1. The van der Waals surface area contributed by atoms with Gasteiger partial charge in [0.05, 0.1) is 12.2 Å². The molecule has 0 bridgehead atoms. The third kappa shape index (κ3) is 3.61. The van der Waals surface area contributed by atoms with Crippen molar-refractivity contribution in [1.29, 1.82) is 0 Å². The van der Waals surface area contributed by atoms with Crippen LogP contribution in [-0.4, -0.2) is 40.2 Å². The minimum atomic E-state index is 0.110. The second kappa shape index (κ2) is 7.00. The molecule has 2 aliphatic rings. The number of likely N-dealkylation sites (tertiary alicyclic amines) is 1. The van der Waals surface area contributed by atoms with E-state index in [1.165, 1.54) is 24.0 Å². The molecule has 0 radical (unpaired) electrons. The lowest BCUT2D eigenvalue weighted by atomic mass is 10.1. The molecule has 5 nitrogen and oxygen atoms in total. The van der Waals surface area contributed by atoms with Gasteiger partial charge in [-0.25, -0.2) is 0 Å². The van der Waals surface area contributed by atoms with Crippen LogP contribution in [0.4, 0.5) is 0 Å². The summed E-state index contributed by atoms with van der Waals surface area (Å²) in [5, 5.41) is 7.43. The SMILES string of the molecule is Cn1cc([C@@H]2C[C@H]2C(=O)NC[C@@H](c2ccccc2)N2CCCC2)cn1. The molecule has 1 aromatic heterocycles. The van der Waals surface area contributed by atoms with E-state index in [0.717, 1.165) is 19.5 Å². The van der Waals surface area contributed by atoms with E-state index in [9.17, 15) is 4.79 Å². The molecule has 1 N–H and O–H groups in total. The number of aryl methyl sites for hydroxylation is 1. The first kappa shape index (κ1) is 16.3. The minimum Gasteiger partial charge on any atom is -0.354 e. The van der Waals surface area contributed by atoms with Gasteiger partial charge in [-0.3, -0.25) is 14.4 Å². The number of nitrogens with one attached hydrogen (secondary N) is 1. The summed E-state index contributed by atoms with van der Waals surface area (Å²) in [6.45, 7) is 2.94. The molecule has 4 rings (SSSR count). The first-order valence-corrected chi connectivity index (χ1v) is 9.27. The summed E-state index contributed by atoms with van der Waals surface area (Å²) in [6, 6.07) is 10.8. The van der Waals surface area contributed by atoms with E-state index in [1.807, 2.05) is 25.5 Å².